The molecule has 3 heteroatoms. The number of ketones is 2. The van der Waals surface area contributed by atoms with E-state index in [1.54, 1.807) is 0 Å². The molecule has 1 aliphatic heterocycles. The number of carbonyl (C=O) groups is 2. The third-order valence-corrected chi connectivity index (χ3v) is 8.25. The maximum atomic E-state index is 12.5. The number of fused-ring (bicyclic) bond motifs is 4. The number of carbonyl (C=O) groups excluding carboxylic acids is 2. The van der Waals surface area contributed by atoms with E-state index in [1.165, 1.54) is 12.0 Å². The van der Waals surface area contributed by atoms with Gasteiger partial charge in [-0.25, -0.2) is 0 Å². The highest BCUT2D eigenvalue weighted by molar-refractivity contribution is 5.94. The Balaban J connectivity index is 1.56. The van der Waals surface area contributed by atoms with Crippen LogP contribution in [0.1, 0.15) is 51.9 Å². The van der Waals surface area contributed by atoms with Crippen LogP contribution in [-0.2, 0) is 14.3 Å². The summed E-state index contributed by atoms with van der Waals surface area (Å²) in [5.41, 5.74) is 1.44. The van der Waals surface area contributed by atoms with Crippen LogP contribution < -0.4 is 0 Å². The number of ether oxygens (including phenoxy) is 1. The van der Waals surface area contributed by atoms with E-state index >= 15 is 0 Å². The maximum Gasteiger partial charge on any atom is 0.161 e. The van der Waals surface area contributed by atoms with Crippen LogP contribution in [0.3, 0.4) is 0 Å². The molecule has 3 saturated carbocycles. The Bertz CT molecular complexity index is 620. The molecule has 5 rings (SSSR count). The average Bonchev–Trinajstić information content (AvgIpc) is 2.85. The van der Waals surface area contributed by atoms with Crippen molar-refractivity contribution in [2.24, 2.45) is 34.5 Å². The van der Waals surface area contributed by atoms with Gasteiger partial charge in [-0.3, -0.25) is 9.59 Å². The Morgan fingerprint density at radius 2 is 2.00 bits per heavy atom. The van der Waals surface area contributed by atoms with E-state index in [0.29, 0.717) is 35.9 Å². The van der Waals surface area contributed by atoms with E-state index in [-0.39, 0.29) is 16.7 Å². The molecule has 1 heterocycles. The summed E-state index contributed by atoms with van der Waals surface area (Å²) in [5.74, 6) is 2.75. The molecule has 124 valence electrons. The van der Waals surface area contributed by atoms with Crippen molar-refractivity contribution in [2.45, 2.75) is 51.9 Å². The molecule has 2 bridgehead atoms. The lowest BCUT2D eigenvalue weighted by molar-refractivity contribution is -0.147. The Morgan fingerprint density at radius 3 is 2.87 bits per heavy atom. The second kappa shape index (κ2) is 4.56. The van der Waals surface area contributed by atoms with Gasteiger partial charge in [0.05, 0.1) is 13.2 Å². The van der Waals surface area contributed by atoms with E-state index < -0.39 is 0 Å². The first-order valence-corrected chi connectivity index (χ1v) is 9.40. The average molecular weight is 314 g/mol. The van der Waals surface area contributed by atoms with Crippen LogP contribution in [-0.4, -0.2) is 24.8 Å². The molecule has 0 aromatic carbocycles. The molecule has 23 heavy (non-hydrogen) atoms. The fraction of sp³-hybridized carbons (Fsp3) is 0.800. The van der Waals surface area contributed by atoms with Gasteiger partial charge in [-0.2, -0.15) is 0 Å². The molecule has 4 aliphatic carbocycles. The molecule has 0 amide bonds. The van der Waals surface area contributed by atoms with Gasteiger partial charge in [0.2, 0.25) is 0 Å². The first-order chi connectivity index (χ1) is 11.0. The zero-order valence-electron chi connectivity index (χ0n) is 14.0. The van der Waals surface area contributed by atoms with Crippen LogP contribution >= 0.6 is 0 Å². The highest BCUT2D eigenvalue weighted by Gasteiger charge is 2.61. The lowest BCUT2D eigenvalue weighted by Gasteiger charge is -2.59. The van der Waals surface area contributed by atoms with Crippen molar-refractivity contribution < 1.29 is 14.3 Å². The molecule has 6 unspecified atom stereocenters. The van der Waals surface area contributed by atoms with Crippen molar-refractivity contribution in [3.63, 3.8) is 0 Å². The molecular weight excluding hydrogens is 288 g/mol. The minimum absolute atomic E-state index is 0.0571. The number of rotatable bonds is 0. The fourth-order valence-corrected chi connectivity index (χ4v) is 7.07. The molecule has 0 aromatic rings. The minimum atomic E-state index is -0.0571. The summed E-state index contributed by atoms with van der Waals surface area (Å²) in [5, 5.41) is 0. The fourth-order valence-electron chi connectivity index (χ4n) is 7.07. The third kappa shape index (κ3) is 1.70. The van der Waals surface area contributed by atoms with E-state index in [9.17, 15) is 9.59 Å². The summed E-state index contributed by atoms with van der Waals surface area (Å²) in [6, 6.07) is 0. The maximum absolute atomic E-state index is 12.5. The molecule has 1 saturated heterocycles. The topological polar surface area (TPSA) is 43.4 Å². The Hall–Kier alpha value is -0.960. The molecule has 1 spiro atoms. The normalized spacial score (nSPS) is 51.6. The standard InChI is InChI=1S/C20H26O3/c1-19-7-6-16-14(15(19)4-5-18(19)22)3-2-13-8-17(21)12-9-20(13,16)11-23-10-12/h8,12,14-16H,2-7,9-11H2,1H3. The third-order valence-electron chi connectivity index (χ3n) is 8.25. The van der Waals surface area contributed by atoms with Crippen LogP contribution in [0.2, 0.25) is 0 Å². The lowest BCUT2D eigenvalue weighted by Crippen LogP contribution is -2.56. The summed E-state index contributed by atoms with van der Waals surface area (Å²) in [6.45, 7) is 3.65. The molecule has 6 atom stereocenters. The smallest absolute Gasteiger partial charge is 0.161 e. The Labute approximate surface area is 137 Å². The largest absolute Gasteiger partial charge is 0.380 e. The van der Waals surface area contributed by atoms with Crippen molar-refractivity contribution in [1.82, 2.24) is 0 Å². The number of hydrogen-bond acceptors (Lipinski definition) is 3. The van der Waals surface area contributed by atoms with Crippen LogP contribution in [0.4, 0.5) is 0 Å². The van der Waals surface area contributed by atoms with Crippen molar-refractivity contribution in [3.05, 3.63) is 11.6 Å². The SMILES string of the molecule is CC12CCC3C(CCC4=CC(=O)C5COCC43C5)C1CCC2=O. The summed E-state index contributed by atoms with van der Waals surface area (Å²) < 4.78 is 5.95. The molecular formula is C20H26O3. The van der Waals surface area contributed by atoms with Gasteiger partial charge in [-0.1, -0.05) is 12.5 Å². The zero-order chi connectivity index (χ0) is 15.8. The molecule has 5 aliphatic rings. The molecule has 0 N–H and O–H groups in total. The van der Waals surface area contributed by atoms with E-state index in [4.69, 9.17) is 4.74 Å². The molecule has 4 fully saturated rings. The van der Waals surface area contributed by atoms with Crippen LogP contribution in [0.25, 0.3) is 0 Å². The monoisotopic (exact) mass is 314 g/mol. The van der Waals surface area contributed by atoms with Gasteiger partial charge >= 0.3 is 0 Å². The Morgan fingerprint density at radius 1 is 1.13 bits per heavy atom. The van der Waals surface area contributed by atoms with Gasteiger partial charge in [-0.05, 0) is 62.4 Å². The predicted molar refractivity (Wildman–Crippen MR) is 85.7 cm³/mol. The summed E-state index contributed by atoms with van der Waals surface area (Å²) >= 11 is 0. The first-order valence-electron chi connectivity index (χ1n) is 9.40. The second-order valence-corrected chi connectivity index (χ2v) is 8.98. The summed E-state index contributed by atoms with van der Waals surface area (Å²) in [4.78, 5) is 24.8. The van der Waals surface area contributed by atoms with E-state index in [2.05, 4.69) is 6.92 Å². The zero-order valence-corrected chi connectivity index (χ0v) is 14.0. The Kier molecular flexibility index (Phi) is 2.85. The van der Waals surface area contributed by atoms with Crippen molar-refractivity contribution in [3.8, 4) is 0 Å². The lowest BCUT2D eigenvalue weighted by atomic mass is 9.46. The van der Waals surface area contributed by atoms with Gasteiger partial charge < -0.3 is 4.74 Å². The van der Waals surface area contributed by atoms with Gasteiger partial charge in [0.1, 0.15) is 5.78 Å². The first kappa shape index (κ1) is 14.4. The summed E-state index contributed by atoms with van der Waals surface area (Å²) in [7, 11) is 0. The van der Waals surface area contributed by atoms with Crippen LogP contribution in [0.5, 0.6) is 0 Å². The molecule has 3 nitrogen and oxygen atoms in total. The molecule has 0 aromatic heterocycles. The van der Waals surface area contributed by atoms with Gasteiger partial charge in [-0.15, -0.1) is 0 Å². The molecule has 0 radical (unpaired) electrons. The van der Waals surface area contributed by atoms with Crippen molar-refractivity contribution in [1.29, 1.82) is 0 Å². The second-order valence-electron chi connectivity index (χ2n) is 8.98. The quantitative estimate of drug-likeness (QED) is 0.689. The van der Waals surface area contributed by atoms with Crippen molar-refractivity contribution >= 4 is 11.6 Å². The van der Waals surface area contributed by atoms with Gasteiger partial charge in [0.25, 0.3) is 0 Å². The van der Waals surface area contributed by atoms with Crippen LogP contribution in [0.15, 0.2) is 11.6 Å². The highest BCUT2D eigenvalue weighted by Crippen LogP contribution is 2.65. The van der Waals surface area contributed by atoms with Gasteiger partial charge in [0.15, 0.2) is 5.78 Å². The highest BCUT2D eigenvalue weighted by atomic mass is 16.5. The van der Waals surface area contributed by atoms with Crippen molar-refractivity contribution in [2.75, 3.05) is 13.2 Å². The van der Waals surface area contributed by atoms with E-state index in [1.807, 2.05) is 6.08 Å². The predicted octanol–water partition coefficient (Wildman–Crippen LogP) is 3.32. The van der Waals surface area contributed by atoms with Gasteiger partial charge in [0, 0.05) is 23.2 Å². The number of hydrogen-bond donors (Lipinski definition) is 0. The van der Waals surface area contributed by atoms with Crippen LogP contribution in [0, 0.1) is 34.5 Å². The summed E-state index contributed by atoms with van der Waals surface area (Å²) in [6.07, 6.45) is 9.28. The number of Topliss-reactive ketones (excluding diaryl/α,β-unsaturated/α-hetero) is 1. The minimum Gasteiger partial charge on any atom is -0.380 e. The van der Waals surface area contributed by atoms with E-state index in [0.717, 1.165) is 45.1 Å².